The first kappa shape index (κ1) is 35.6. The second-order valence-corrected chi connectivity index (χ2v) is 18.7. The van der Waals surface area contributed by atoms with E-state index in [-0.39, 0.29) is 0 Å². The minimum atomic E-state index is -1.24. The van der Waals surface area contributed by atoms with E-state index < -0.39 is 35.8 Å². The van der Waals surface area contributed by atoms with Gasteiger partial charge in [0.05, 0.1) is 0 Å². The van der Waals surface area contributed by atoms with Crippen LogP contribution in [0.3, 0.4) is 0 Å². The minimum absolute atomic E-state index is 0.875. The number of imidazole rings is 4. The molecule has 0 aliphatic carbocycles. The van der Waals surface area contributed by atoms with E-state index in [1.165, 1.54) is 0 Å². The van der Waals surface area contributed by atoms with E-state index in [1.807, 2.05) is 116 Å². The van der Waals surface area contributed by atoms with Gasteiger partial charge in [-0.15, -0.1) is 0 Å². The normalized spacial score (nSPS) is 11.1. The topological polar surface area (TPSA) is 123 Å². The van der Waals surface area contributed by atoms with Crippen LogP contribution in [0.15, 0.2) is 183 Å². The van der Waals surface area contributed by atoms with Crippen molar-refractivity contribution in [1.82, 2.24) is 53.0 Å². The van der Waals surface area contributed by atoms with Gasteiger partial charge in [-0.25, -0.2) is 0 Å². The number of benzene rings is 3. The zero-order valence-electron chi connectivity index (χ0n) is 30.8. The molecule has 58 heavy (non-hydrogen) atoms. The molecule has 0 amide bonds. The van der Waals surface area contributed by atoms with Gasteiger partial charge in [-0.05, 0) is 0 Å². The quantitative estimate of drug-likeness (QED) is 0.142. The second-order valence-electron chi connectivity index (χ2n) is 13.2. The van der Waals surface area contributed by atoms with Crippen molar-refractivity contribution >= 4 is 68.6 Å². The van der Waals surface area contributed by atoms with E-state index in [0.717, 1.165) is 78.9 Å². The zero-order valence-corrected chi connectivity index (χ0v) is 35.7. The SMILES string of the molecule is c1ccc(-c2ncc[n]2[Ga][n]2c(-c3cc4ccccc4cn3)nc3ccccc32)nc1.c1ccc(-c2ncc[n]2[Ga][n]2c(-c3ccccn3)nc3ccccc32)nc1. The van der Waals surface area contributed by atoms with Crippen molar-refractivity contribution in [2.24, 2.45) is 0 Å². The van der Waals surface area contributed by atoms with E-state index in [2.05, 4.69) is 86.5 Å². The molecule has 3 aromatic carbocycles. The molecule has 0 aliphatic rings. The molecule has 2 radical (unpaired) electrons. The van der Waals surface area contributed by atoms with E-state index in [4.69, 9.17) is 15.0 Å². The van der Waals surface area contributed by atoms with Gasteiger partial charge in [-0.1, -0.05) is 0 Å². The van der Waals surface area contributed by atoms with Crippen molar-refractivity contribution in [3.8, 4) is 46.1 Å². The number of aromatic nitrogens is 12. The van der Waals surface area contributed by atoms with Crippen LogP contribution in [0.5, 0.6) is 0 Å². The van der Waals surface area contributed by atoms with Gasteiger partial charge in [-0.3, -0.25) is 0 Å². The third-order valence-electron chi connectivity index (χ3n) is 9.55. The number of hydrogen-bond donors (Lipinski definition) is 0. The Labute approximate surface area is 348 Å². The van der Waals surface area contributed by atoms with E-state index in [0.29, 0.717) is 0 Å². The number of rotatable bonds is 8. The molecule has 12 nitrogen and oxygen atoms in total. The number of pyridine rings is 4. The van der Waals surface area contributed by atoms with Gasteiger partial charge in [0, 0.05) is 0 Å². The van der Waals surface area contributed by atoms with Gasteiger partial charge < -0.3 is 0 Å². The molecular weight excluding hydrogens is 836 g/mol. The van der Waals surface area contributed by atoms with Gasteiger partial charge in [-0.2, -0.15) is 0 Å². The van der Waals surface area contributed by atoms with Crippen molar-refractivity contribution < 1.29 is 0 Å². The molecule has 0 unspecified atom stereocenters. The number of nitrogens with zero attached hydrogens (tertiary/aromatic N) is 12. The summed E-state index contributed by atoms with van der Waals surface area (Å²) in [5.41, 5.74) is 7.71. The summed E-state index contributed by atoms with van der Waals surface area (Å²) >= 11 is -2.42. The fraction of sp³-hybridized carbons (Fsp3) is 0. The van der Waals surface area contributed by atoms with Crippen LogP contribution in [-0.2, 0) is 0 Å². The van der Waals surface area contributed by atoms with Gasteiger partial charge in [0.1, 0.15) is 0 Å². The summed E-state index contributed by atoms with van der Waals surface area (Å²) in [6.45, 7) is 0. The number of para-hydroxylation sites is 4. The summed E-state index contributed by atoms with van der Waals surface area (Å²) in [7, 11) is 0. The molecule has 11 rings (SSSR count). The molecule has 0 atom stereocenters. The Kier molecular flexibility index (Phi) is 9.78. The number of fused-ring (bicyclic) bond motifs is 3. The average molecular weight is 866 g/mol. The van der Waals surface area contributed by atoms with Crippen molar-refractivity contribution in [3.63, 3.8) is 0 Å². The van der Waals surface area contributed by atoms with E-state index in [9.17, 15) is 0 Å². The standard InChI is InChI=1S/C16H10N3.C12H8N3.2C8H6N3.2Ga/c1-2-6-12-10-17-15(9-11(12)5-1)16-18-13-7-3-4-8-14(13)19-16;1-2-6-10-9(5-1)14-12(15-10)11-7-3-4-8-13-11;2*1-2-4-9-7(3-1)8-10-5-6-11-8;;/h1-10H;1-8H;2*1-6H;;/q4*-1;2*+2. The molecule has 11 aromatic rings. The first-order chi connectivity index (χ1) is 28.8. The fourth-order valence-corrected chi connectivity index (χ4v) is 12.5. The molecule has 0 spiro atoms. The first-order valence-corrected chi connectivity index (χ1v) is 22.9. The summed E-state index contributed by atoms with van der Waals surface area (Å²) in [6, 6.07) is 44.6. The fourth-order valence-electron chi connectivity index (χ4n) is 6.83. The Morgan fingerprint density at radius 2 is 0.810 bits per heavy atom. The molecule has 8 aromatic heterocycles. The molecule has 0 saturated carbocycles. The van der Waals surface area contributed by atoms with Crippen molar-refractivity contribution in [2.75, 3.05) is 0 Å². The summed E-state index contributed by atoms with van der Waals surface area (Å²) in [4.78, 5) is 37.2. The summed E-state index contributed by atoms with van der Waals surface area (Å²) in [5, 5.41) is 2.28. The molecule has 272 valence electrons. The molecular formula is C44H30Ga2N12. The zero-order chi connectivity index (χ0) is 38.7. The van der Waals surface area contributed by atoms with Crippen LogP contribution in [0.2, 0.25) is 0 Å². The van der Waals surface area contributed by atoms with Crippen LogP contribution < -0.4 is 0 Å². The van der Waals surface area contributed by atoms with Crippen LogP contribution in [-0.4, -0.2) is 88.7 Å². The van der Waals surface area contributed by atoms with Crippen molar-refractivity contribution in [1.29, 1.82) is 0 Å². The predicted octanol–water partition coefficient (Wildman–Crippen LogP) is 7.73. The Hall–Kier alpha value is -6.85. The monoisotopic (exact) mass is 864 g/mol. The Morgan fingerprint density at radius 3 is 1.33 bits per heavy atom. The molecule has 0 fully saturated rings. The Balaban J connectivity index is 0.000000142. The van der Waals surface area contributed by atoms with Crippen LogP contribution in [0.1, 0.15) is 0 Å². The summed E-state index contributed by atoms with van der Waals surface area (Å²) in [6.07, 6.45) is 15.1. The second kappa shape index (κ2) is 16.0. The van der Waals surface area contributed by atoms with Crippen LogP contribution >= 0.6 is 0 Å². The van der Waals surface area contributed by atoms with Crippen LogP contribution in [0.25, 0.3) is 78.9 Å². The van der Waals surface area contributed by atoms with Gasteiger partial charge in [0.25, 0.3) is 0 Å². The van der Waals surface area contributed by atoms with Gasteiger partial charge in [0.2, 0.25) is 0 Å². The van der Waals surface area contributed by atoms with E-state index >= 15 is 0 Å². The maximum absolute atomic E-state index is 4.96. The molecule has 8 heterocycles. The van der Waals surface area contributed by atoms with Crippen LogP contribution in [0.4, 0.5) is 0 Å². The summed E-state index contributed by atoms with van der Waals surface area (Å²) in [5.74, 6) is 3.57. The summed E-state index contributed by atoms with van der Waals surface area (Å²) < 4.78 is 9.12. The Bertz CT molecular complexity index is 3140. The molecule has 0 bridgehead atoms. The molecule has 0 aliphatic heterocycles. The van der Waals surface area contributed by atoms with Crippen molar-refractivity contribution in [3.05, 3.63) is 183 Å². The molecule has 0 N–H and O–H groups in total. The first-order valence-electron chi connectivity index (χ1n) is 18.6. The third kappa shape index (κ3) is 7.05. The molecule has 0 saturated heterocycles. The maximum atomic E-state index is 4.96. The van der Waals surface area contributed by atoms with Gasteiger partial charge in [0.15, 0.2) is 0 Å². The molecule has 14 heteroatoms. The van der Waals surface area contributed by atoms with Crippen LogP contribution in [0, 0.1) is 0 Å². The third-order valence-corrected chi connectivity index (χ3v) is 15.5. The van der Waals surface area contributed by atoms with E-state index in [1.54, 1.807) is 18.6 Å². The number of hydrogen-bond acceptors (Lipinski definition) is 8. The average Bonchev–Trinajstić information content (AvgIpc) is 4.11. The van der Waals surface area contributed by atoms with Crippen molar-refractivity contribution in [2.45, 2.75) is 0 Å². The van der Waals surface area contributed by atoms with Gasteiger partial charge >= 0.3 is 351 Å². The Morgan fingerprint density at radius 1 is 0.362 bits per heavy atom. The predicted molar refractivity (Wildman–Crippen MR) is 227 cm³/mol.